The summed E-state index contributed by atoms with van der Waals surface area (Å²) in [6.45, 7) is 2.51. The minimum Gasteiger partial charge on any atom is -0.481 e. The monoisotopic (exact) mass is 906 g/mol. The molecular formula is C46H45F3N10O5S. The smallest absolute Gasteiger partial charge is 0.267 e. The number of aryl methyl sites for hydroxylation is 1. The molecule has 65 heavy (non-hydrogen) atoms. The molecule has 3 aromatic carbocycles. The molecule has 0 bridgehead atoms. The van der Waals surface area contributed by atoms with E-state index in [2.05, 4.69) is 25.5 Å². The van der Waals surface area contributed by atoms with Crippen molar-refractivity contribution < 1.29 is 37.1 Å². The summed E-state index contributed by atoms with van der Waals surface area (Å²) < 4.78 is 56.2. The molecule has 19 heteroatoms. The Morgan fingerprint density at radius 1 is 0.938 bits per heavy atom. The van der Waals surface area contributed by atoms with Gasteiger partial charge in [-0.15, -0.1) is 11.3 Å². The number of carbonyl (C=O) groups is 4. The van der Waals surface area contributed by atoms with Gasteiger partial charge in [-0.2, -0.15) is 5.10 Å². The quantitative estimate of drug-likeness (QED) is 0.156. The number of halogens is 3. The van der Waals surface area contributed by atoms with Crippen molar-refractivity contribution in [1.29, 1.82) is 0 Å². The van der Waals surface area contributed by atoms with E-state index in [-0.39, 0.29) is 48.9 Å². The Balaban J connectivity index is 0.743. The van der Waals surface area contributed by atoms with E-state index in [1.54, 1.807) is 59.3 Å². The third-order valence-corrected chi connectivity index (χ3v) is 13.5. The Morgan fingerprint density at radius 3 is 2.48 bits per heavy atom. The van der Waals surface area contributed by atoms with Crippen LogP contribution < -0.4 is 20.3 Å². The standard InChI is InChI=1S/C46H45F3N10O5S/c47-35-22-30(23-36-33(35)24-59(54-36)42(44(63)53-45-50-14-21-65-45)41-37-2-1-15-58(37)27-51-41)28-3-7-31(8-4-28)56-17-19-57(20-18-56)40(61)25-55-16-13-34(46(48,49)26-55)29-5-9-32(10-6-29)64-38-11-12-39(60)52-43(38)62/h3-10,14,21-24,27,34,38,42H,1-2,11-13,15-20,25-26H2,(H,50,53,63)(H,52,60,62). The number of nitrogens with zero attached hydrogens (tertiary/aromatic N) is 8. The highest BCUT2D eigenvalue weighted by Crippen LogP contribution is 2.41. The second kappa shape index (κ2) is 17.4. The van der Waals surface area contributed by atoms with Crippen molar-refractivity contribution in [1.82, 2.24) is 39.4 Å². The Kier molecular flexibility index (Phi) is 11.3. The lowest BCUT2D eigenvalue weighted by Crippen LogP contribution is -2.54. The van der Waals surface area contributed by atoms with E-state index in [0.717, 1.165) is 36.3 Å². The van der Waals surface area contributed by atoms with Crippen molar-refractivity contribution >= 4 is 56.7 Å². The summed E-state index contributed by atoms with van der Waals surface area (Å²) in [5, 5.41) is 12.3. The number of carbonyl (C=O) groups excluding carboxylic acids is 4. The van der Waals surface area contributed by atoms with Crippen LogP contribution in [0.3, 0.4) is 0 Å². The van der Waals surface area contributed by atoms with Gasteiger partial charge in [0.25, 0.3) is 17.7 Å². The number of alkyl halides is 2. The topological polar surface area (TPSA) is 160 Å². The van der Waals surface area contributed by atoms with Crippen LogP contribution in [0.4, 0.5) is 24.0 Å². The number of benzene rings is 3. The minimum atomic E-state index is -3.07. The Hall–Kier alpha value is -6.60. The molecule has 4 aliphatic rings. The second-order valence-electron chi connectivity index (χ2n) is 17.0. The van der Waals surface area contributed by atoms with E-state index >= 15 is 13.2 Å². The van der Waals surface area contributed by atoms with E-state index < -0.39 is 42.3 Å². The van der Waals surface area contributed by atoms with Gasteiger partial charge < -0.3 is 19.1 Å². The van der Waals surface area contributed by atoms with E-state index in [1.165, 1.54) is 27.0 Å². The molecule has 15 nitrogen and oxygen atoms in total. The number of hydrogen-bond acceptors (Lipinski definition) is 11. The van der Waals surface area contributed by atoms with Gasteiger partial charge >= 0.3 is 0 Å². The van der Waals surface area contributed by atoms with Crippen LogP contribution in [0, 0.1) is 5.82 Å². The van der Waals surface area contributed by atoms with Crippen molar-refractivity contribution in [3.05, 3.63) is 108 Å². The third kappa shape index (κ3) is 8.69. The van der Waals surface area contributed by atoms with Crippen molar-refractivity contribution in [3.8, 4) is 16.9 Å². The predicted octanol–water partition coefficient (Wildman–Crippen LogP) is 5.63. The SMILES string of the molecule is O=C1CCC(Oc2ccc(C3CCN(CC(=O)N4CCN(c5ccc(-c6cc(F)c7cn(C(C(=O)Nc8nccs8)c8ncn9c8CCC9)nc7c6)cc5)CC4)CC3(F)F)cc2)C(=O)N1. The molecule has 10 rings (SSSR count). The molecule has 336 valence electrons. The first-order valence-corrected chi connectivity index (χ1v) is 22.6. The lowest BCUT2D eigenvalue weighted by atomic mass is 9.86. The first-order valence-electron chi connectivity index (χ1n) is 21.7. The lowest BCUT2D eigenvalue weighted by Gasteiger charge is -2.40. The van der Waals surface area contributed by atoms with Gasteiger partial charge in [0.15, 0.2) is 17.3 Å². The first-order chi connectivity index (χ1) is 31.5. The predicted molar refractivity (Wildman–Crippen MR) is 235 cm³/mol. The number of rotatable bonds is 11. The number of piperidine rings is 2. The number of ether oxygens (including phenoxy) is 1. The summed E-state index contributed by atoms with van der Waals surface area (Å²) >= 11 is 1.30. The molecule has 0 spiro atoms. The molecule has 4 amide bonds. The number of piperazine rings is 1. The largest absolute Gasteiger partial charge is 0.481 e. The molecular weight excluding hydrogens is 862 g/mol. The maximum absolute atomic E-state index is 15.8. The second-order valence-corrected chi connectivity index (χ2v) is 17.9. The zero-order valence-corrected chi connectivity index (χ0v) is 36.0. The number of nitrogens with one attached hydrogen (secondary N) is 2. The first kappa shape index (κ1) is 42.4. The van der Waals surface area contributed by atoms with Gasteiger partial charge in [-0.25, -0.2) is 23.1 Å². The Morgan fingerprint density at radius 2 is 1.74 bits per heavy atom. The zero-order valence-electron chi connectivity index (χ0n) is 35.2. The normalized spacial score (nSPS) is 20.4. The van der Waals surface area contributed by atoms with Gasteiger partial charge in [0, 0.05) is 74.7 Å². The molecule has 0 radical (unpaired) electrons. The summed E-state index contributed by atoms with van der Waals surface area (Å²) in [6, 6.07) is 16.4. The fraction of sp³-hybridized carbons (Fsp3) is 0.370. The summed E-state index contributed by atoms with van der Waals surface area (Å²) in [6.07, 6.45) is 6.40. The van der Waals surface area contributed by atoms with Gasteiger partial charge in [-0.05, 0) is 78.9 Å². The van der Waals surface area contributed by atoms with Crippen LogP contribution in [-0.2, 0) is 32.1 Å². The summed E-state index contributed by atoms with van der Waals surface area (Å²) in [5.41, 5.74) is 4.72. The third-order valence-electron chi connectivity index (χ3n) is 12.8. The highest BCUT2D eigenvalue weighted by atomic mass is 32.1. The zero-order chi connectivity index (χ0) is 44.8. The molecule has 3 atom stereocenters. The number of hydrogen-bond donors (Lipinski definition) is 2. The van der Waals surface area contributed by atoms with Gasteiger partial charge in [0.05, 0.1) is 41.9 Å². The number of aromatic nitrogens is 5. The number of imidazole rings is 1. The van der Waals surface area contributed by atoms with Gasteiger partial charge in [-0.1, -0.05) is 24.3 Å². The van der Waals surface area contributed by atoms with Crippen LogP contribution in [0.15, 0.2) is 84.8 Å². The van der Waals surface area contributed by atoms with Crippen LogP contribution in [0.25, 0.3) is 22.0 Å². The average molecular weight is 907 g/mol. The molecule has 2 N–H and O–H groups in total. The van der Waals surface area contributed by atoms with Crippen LogP contribution in [0.5, 0.6) is 5.75 Å². The Labute approximate surface area is 375 Å². The highest BCUT2D eigenvalue weighted by molar-refractivity contribution is 7.13. The van der Waals surface area contributed by atoms with E-state index in [9.17, 15) is 19.2 Å². The van der Waals surface area contributed by atoms with Gasteiger partial charge in [0.1, 0.15) is 11.6 Å². The van der Waals surface area contributed by atoms with E-state index in [1.807, 2.05) is 28.8 Å². The van der Waals surface area contributed by atoms with Crippen LogP contribution in [0.1, 0.15) is 54.6 Å². The number of fused-ring (bicyclic) bond motifs is 2. The molecule has 7 heterocycles. The van der Waals surface area contributed by atoms with Gasteiger partial charge in [0.2, 0.25) is 11.8 Å². The maximum atomic E-state index is 15.8. The molecule has 6 aromatic rings. The van der Waals surface area contributed by atoms with Crippen LogP contribution in [-0.4, -0.2) is 116 Å². The summed E-state index contributed by atoms with van der Waals surface area (Å²) in [5.74, 6) is -5.64. The summed E-state index contributed by atoms with van der Waals surface area (Å²) in [7, 11) is 0. The van der Waals surface area contributed by atoms with E-state index in [0.29, 0.717) is 65.9 Å². The van der Waals surface area contributed by atoms with E-state index in [4.69, 9.17) is 9.84 Å². The molecule has 0 saturated carbocycles. The Bertz CT molecular complexity index is 2750. The lowest BCUT2D eigenvalue weighted by molar-refractivity contribution is -0.139. The molecule has 3 aromatic heterocycles. The molecule has 0 aliphatic carbocycles. The summed E-state index contributed by atoms with van der Waals surface area (Å²) in [4.78, 5) is 64.8. The highest BCUT2D eigenvalue weighted by Gasteiger charge is 2.46. The average Bonchev–Trinajstić information content (AvgIpc) is 4.13. The number of anilines is 2. The van der Waals surface area contributed by atoms with Crippen molar-refractivity contribution in [2.24, 2.45) is 0 Å². The molecule has 4 aliphatic heterocycles. The number of thiazole rings is 1. The molecule has 3 saturated heterocycles. The van der Waals surface area contributed by atoms with Gasteiger partial charge in [-0.3, -0.25) is 39.4 Å². The molecule has 3 unspecified atom stereocenters. The number of imide groups is 1. The minimum absolute atomic E-state index is 0.0964. The van der Waals surface area contributed by atoms with Crippen molar-refractivity contribution in [2.45, 2.75) is 62.6 Å². The fourth-order valence-corrected chi connectivity index (χ4v) is 9.95. The molecule has 3 fully saturated rings. The van der Waals surface area contributed by atoms with Crippen LogP contribution >= 0.6 is 11.3 Å². The number of likely N-dealkylation sites (tertiary alicyclic amines) is 1. The maximum Gasteiger partial charge on any atom is 0.267 e. The fourth-order valence-electron chi connectivity index (χ4n) is 9.41. The van der Waals surface area contributed by atoms with Crippen molar-refractivity contribution in [3.63, 3.8) is 0 Å². The van der Waals surface area contributed by atoms with Crippen LogP contribution in [0.2, 0.25) is 0 Å². The van der Waals surface area contributed by atoms with Crippen molar-refractivity contribution in [2.75, 3.05) is 56.0 Å². The number of amides is 4.